The molecule has 0 heterocycles. The molecule has 1 amide bonds. The highest BCUT2D eigenvalue weighted by molar-refractivity contribution is 5.79. The Morgan fingerprint density at radius 3 is 2.71 bits per heavy atom. The lowest BCUT2D eigenvalue weighted by molar-refractivity contribution is -0.119. The summed E-state index contributed by atoms with van der Waals surface area (Å²) in [5.74, 6) is -0.163. The van der Waals surface area contributed by atoms with Crippen molar-refractivity contribution in [1.29, 1.82) is 0 Å². The maximum absolute atomic E-state index is 11.1. The molecule has 1 N–H and O–H groups in total. The van der Waals surface area contributed by atoms with E-state index in [0.717, 1.165) is 5.56 Å². The zero-order valence-corrected chi connectivity index (χ0v) is 8.10. The van der Waals surface area contributed by atoms with Crippen molar-refractivity contribution < 1.29 is 4.79 Å². The van der Waals surface area contributed by atoms with Crippen LogP contribution >= 0.6 is 0 Å². The van der Waals surface area contributed by atoms with E-state index in [1.54, 1.807) is 0 Å². The largest absolute Gasteiger partial charge is 0.343 e. The Labute approximate surface area is 83.6 Å². The van der Waals surface area contributed by atoms with E-state index in [1.807, 2.05) is 37.3 Å². The van der Waals surface area contributed by atoms with E-state index < -0.39 is 0 Å². The van der Waals surface area contributed by atoms with Gasteiger partial charge in [-0.2, -0.15) is 0 Å². The molecule has 0 spiro atoms. The van der Waals surface area contributed by atoms with Gasteiger partial charge in [0.1, 0.15) is 0 Å². The van der Waals surface area contributed by atoms with Crippen LogP contribution in [0.25, 0.3) is 4.85 Å². The fourth-order valence-corrected chi connectivity index (χ4v) is 1.20. The van der Waals surface area contributed by atoms with Gasteiger partial charge in [-0.3, -0.25) is 4.79 Å². The first-order chi connectivity index (χ1) is 6.74. The van der Waals surface area contributed by atoms with E-state index in [9.17, 15) is 4.79 Å². The summed E-state index contributed by atoms with van der Waals surface area (Å²) in [6.07, 6.45) is 0. The average molecular weight is 189 g/mol. The molecule has 0 bridgehead atoms. The van der Waals surface area contributed by atoms with Crippen molar-refractivity contribution in [3.8, 4) is 6.57 Å². The van der Waals surface area contributed by atoms with Crippen LogP contribution in [0, 0.1) is 6.57 Å². The quantitative estimate of drug-likeness (QED) is 0.773. The van der Waals surface area contributed by atoms with Gasteiger partial charge in [0.05, 0.1) is 6.04 Å². The maximum atomic E-state index is 11.1. The van der Waals surface area contributed by atoms with E-state index in [4.69, 9.17) is 6.57 Å². The predicted molar refractivity (Wildman–Crippen MR) is 56.2 cm³/mol. The minimum absolute atomic E-state index is 0.00884. The van der Waals surface area contributed by atoms with Gasteiger partial charge >= 0.3 is 12.5 Å². The van der Waals surface area contributed by atoms with Crippen LogP contribution < -0.4 is 5.32 Å². The molecule has 1 rings (SSSR count). The monoisotopic (exact) mass is 189 g/mol. The predicted octanol–water partition coefficient (Wildman–Crippen LogP) is 1.83. The number of hydrogen-bond acceptors (Lipinski definition) is 1. The second kappa shape index (κ2) is 5.03. The van der Waals surface area contributed by atoms with E-state index in [2.05, 4.69) is 10.2 Å². The molecule has 1 atom stereocenters. The molecule has 0 saturated heterocycles. The Morgan fingerprint density at radius 2 is 2.14 bits per heavy atom. The summed E-state index contributed by atoms with van der Waals surface area (Å²) in [6.45, 7) is 6.84. The topological polar surface area (TPSA) is 33.5 Å². The molecule has 0 aliphatic rings. The average Bonchev–Trinajstić information content (AvgIpc) is 2.19. The summed E-state index contributed by atoms with van der Waals surface area (Å²) < 4.78 is 0. The van der Waals surface area contributed by atoms with Gasteiger partial charge in [-0.25, -0.2) is 0 Å². The third-order valence-corrected chi connectivity index (χ3v) is 1.91. The summed E-state index contributed by atoms with van der Waals surface area (Å²) in [7, 11) is 0. The van der Waals surface area contributed by atoms with Gasteiger partial charge < -0.3 is 5.32 Å². The highest BCUT2D eigenvalue weighted by Crippen LogP contribution is 2.10. The molecule has 0 saturated carbocycles. The van der Waals surface area contributed by atoms with Crippen molar-refractivity contribution in [2.45, 2.75) is 13.0 Å². The first kappa shape index (κ1) is 10.3. The summed E-state index contributed by atoms with van der Waals surface area (Å²) in [5.41, 5.74) is 1.07. The molecule has 0 aliphatic carbocycles. The molecule has 0 aliphatic heterocycles. The van der Waals surface area contributed by atoms with Gasteiger partial charge in [-0.15, -0.1) is 0 Å². The number of rotatable bonds is 3. The lowest BCUT2D eigenvalue weighted by Crippen LogP contribution is -2.28. The van der Waals surface area contributed by atoms with Crippen molar-refractivity contribution >= 4 is 5.91 Å². The van der Waals surface area contributed by atoms with Crippen LogP contribution in [-0.4, -0.2) is 12.5 Å². The summed E-state index contributed by atoms with van der Waals surface area (Å²) in [6, 6.07) is 9.73. The zero-order valence-electron chi connectivity index (χ0n) is 8.10. The maximum Gasteiger partial charge on any atom is 0.339 e. The molecule has 14 heavy (non-hydrogen) atoms. The fraction of sp³-hybridized carbons (Fsp3) is 0.273. The Morgan fingerprint density at radius 1 is 1.50 bits per heavy atom. The molecule has 0 aromatic heterocycles. The first-order valence-electron chi connectivity index (χ1n) is 4.45. The molecular formula is C11H13N2O+. The number of carbonyl (C=O) groups excluding carboxylic acids is 1. The second-order valence-corrected chi connectivity index (χ2v) is 3.04. The second-order valence-electron chi connectivity index (χ2n) is 3.04. The molecule has 0 fully saturated rings. The molecular weight excluding hydrogens is 176 g/mol. The van der Waals surface area contributed by atoms with E-state index in [1.165, 1.54) is 0 Å². The van der Waals surface area contributed by atoms with Crippen LogP contribution in [0.1, 0.15) is 18.5 Å². The standard InChI is InChI=1S/C11H12N2O/c1-9(13-11(14)8-12-2)10-6-4-3-5-7-10/h2-7,9H,8H2,1H3/p+1. The van der Waals surface area contributed by atoms with E-state index in [0.29, 0.717) is 0 Å². The smallest absolute Gasteiger partial charge is 0.339 e. The number of benzene rings is 1. The number of nitrogens with zero attached hydrogens (tertiary/aromatic N) is 1. The molecule has 72 valence electrons. The van der Waals surface area contributed by atoms with Crippen LogP contribution in [0.15, 0.2) is 30.3 Å². The van der Waals surface area contributed by atoms with Crippen LogP contribution in [0.4, 0.5) is 0 Å². The Kier molecular flexibility index (Phi) is 3.69. The molecule has 3 heteroatoms. The molecule has 1 aromatic rings. The minimum Gasteiger partial charge on any atom is -0.343 e. The van der Waals surface area contributed by atoms with Gasteiger partial charge in [0.25, 0.3) is 6.57 Å². The highest BCUT2D eigenvalue weighted by atomic mass is 16.1. The number of amides is 1. The van der Waals surface area contributed by atoms with Gasteiger partial charge in [-0.1, -0.05) is 35.2 Å². The van der Waals surface area contributed by atoms with Crippen LogP contribution in [0.2, 0.25) is 0 Å². The minimum atomic E-state index is -0.163. The number of hydrogen-bond donors (Lipinski definition) is 1. The molecule has 1 unspecified atom stereocenters. The third kappa shape index (κ3) is 2.91. The van der Waals surface area contributed by atoms with Gasteiger partial charge in [0.2, 0.25) is 0 Å². The molecule has 0 radical (unpaired) electrons. The number of nitrogens with one attached hydrogen (secondary N) is 1. The lowest BCUT2D eigenvalue weighted by Gasteiger charge is -2.11. The molecule has 3 nitrogen and oxygen atoms in total. The Balaban J connectivity index is 2.56. The third-order valence-electron chi connectivity index (χ3n) is 1.91. The van der Waals surface area contributed by atoms with E-state index in [-0.39, 0.29) is 18.5 Å². The van der Waals surface area contributed by atoms with Crippen molar-refractivity contribution in [3.05, 3.63) is 40.7 Å². The first-order valence-corrected chi connectivity index (χ1v) is 4.45. The normalized spacial score (nSPS) is 11.4. The van der Waals surface area contributed by atoms with Gasteiger partial charge in [-0.05, 0) is 12.5 Å². The Bertz CT molecular complexity index is 340. The summed E-state index contributed by atoms with van der Waals surface area (Å²) >= 11 is 0. The van der Waals surface area contributed by atoms with Crippen molar-refractivity contribution in [1.82, 2.24) is 5.32 Å². The van der Waals surface area contributed by atoms with Crippen molar-refractivity contribution in [2.75, 3.05) is 6.54 Å². The SMILES string of the molecule is C#[N+]CC(=O)NC(C)c1ccccc1. The fourth-order valence-electron chi connectivity index (χ4n) is 1.20. The zero-order chi connectivity index (χ0) is 10.4. The highest BCUT2D eigenvalue weighted by Gasteiger charge is 2.11. The van der Waals surface area contributed by atoms with Gasteiger partial charge in [0.15, 0.2) is 0 Å². The van der Waals surface area contributed by atoms with Gasteiger partial charge in [0, 0.05) is 0 Å². The van der Waals surface area contributed by atoms with Crippen LogP contribution in [0.5, 0.6) is 0 Å². The summed E-state index contributed by atoms with van der Waals surface area (Å²) in [4.78, 5) is 14.4. The van der Waals surface area contributed by atoms with Crippen molar-refractivity contribution in [2.24, 2.45) is 0 Å². The molecule has 1 aromatic carbocycles. The van der Waals surface area contributed by atoms with Crippen LogP contribution in [-0.2, 0) is 4.79 Å². The van der Waals surface area contributed by atoms with E-state index >= 15 is 0 Å². The Hall–Kier alpha value is -1.82. The van der Waals surface area contributed by atoms with Crippen LogP contribution in [0.3, 0.4) is 0 Å². The summed E-state index contributed by atoms with van der Waals surface area (Å²) in [5, 5.41) is 2.78. The lowest BCUT2D eigenvalue weighted by atomic mass is 10.1. The van der Waals surface area contributed by atoms with Crippen molar-refractivity contribution in [3.63, 3.8) is 0 Å². The number of carbonyl (C=O) groups is 1.